The monoisotopic (exact) mass is 477 g/mol. The van der Waals surface area contributed by atoms with Crippen LogP contribution >= 0.6 is 15.9 Å². The molecule has 0 amide bonds. The van der Waals surface area contributed by atoms with Crippen molar-refractivity contribution in [3.05, 3.63) is 94.1 Å². The molecule has 0 saturated heterocycles. The molecule has 0 aliphatic carbocycles. The van der Waals surface area contributed by atoms with Crippen LogP contribution in [0.15, 0.2) is 82.5 Å². The standard InChI is InChI=1S/C25H24BrN3O2/c1-30-24-12-9-19(13-25(24)31-2)14-27-28-15-20-17-29(23-6-4-3-5-22(20)23)16-18-7-10-21(26)11-8-18/h3-13,15,17,27H,14,16H2,1-2H3/b28-15+. The summed E-state index contributed by atoms with van der Waals surface area (Å²) in [4.78, 5) is 0. The van der Waals surface area contributed by atoms with Crippen molar-refractivity contribution in [2.45, 2.75) is 13.1 Å². The molecule has 0 aliphatic heterocycles. The molecule has 0 saturated carbocycles. The highest BCUT2D eigenvalue weighted by atomic mass is 79.9. The van der Waals surface area contributed by atoms with E-state index in [1.54, 1.807) is 14.2 Å². The molecule has 1 heterocycles. The second kappa shape index (κ2) is 9.71. The van der Waals surface area contributed by atoms with Crippen LogP contribution in [0.5, 0.6) is 11.5 Å². The van der Waals surface area contributed by atoms with E-state index in [9.17, 15) is 0 Å². The van der Waals surface area contributed by atoms with Crippen LogP contribution < -0.4 is 14.9 Å². The van der Waals surface area contributed by atoms with Crippen molar-refractivity contribution in [2.75, 3.05) is 14.2 Å². The van der Waals surface area contributed by atoms with Crippen LogP contribution in [0.25, 0.3) is 10.9 Å². The number of ether oxygens (including phenoxy) is 2. The Labute approximate surface area is 190 Å². The van der Waals surface area contributed by atoms with E-state index >= 15 is 0 Å². The van der Waals surface area contributed by atoms with Gasteiger partial charge in [-0.1, -0.05) is 52.3 Å². The zero-order valence-corrected chi connectivity index (χ0v) is 19.1. The molecule has 1 aromatic heterocycles. The lowest BCUT2D eigenvalue weighted by Crippen LogP contribution is -2.06. The Morgan fingerprint density at radius 2 is 1.68 bits per heavy atom. The molecule has 158 valence electrons. The largest absolute Gasteiger partial charge is 0.493 e. The van der Waals surface area contributed by atoms with Crippen molar-refractivity contribution in [3.8, 4) is 11.5 Å². The summed E-state index contributed by atoms with van der Waals surface area (Å²) >= 11 is 3.50. The van der Waals surface area contributed by atoms with Gasteiger partial charge in [0, 0.05) is 33.7 Å². The Hall–Kier alpha value is -3.25. The fourth-order valence-electron chi connectivity index (χ4n) is 3.54. The normalized spacial score (nSPS) is 11.2. The highest BCUT2D eigenvalue weighted by Crippen LogP contribution is 2.27. The lowest BCUT2D eigenvalue weighted by molar-refractivity contribution is 0.354. The van der Waals surface area contributed by atoms with Gasteiger partial charge in [0.25, 0.3) is 0 Å². The second-order valence-electron chi connectivity index (χ2n) is 7.14. The van der Waals surface area contributed by atoms with Gasteiger partial charge in [-0.25, -0.2) is 0 Å². The molecular weight excluding hydrogens is 454 g/mol. The summed E-state index contributed by atoms with van der Waals surface area (Å²) in [5.41, 5.74) is 7.70. The maximum atomic E-state index is 5.36. The smallest absolute Gasteiger partial charge is 0.161 e. The quantitative estimate of drug-likeness (QED) is 0.265. The molecule has 0 aliphatic rings. The molecule has 3 aromatic carbocycles. The average molecular weight is 478 g/mol. The summed E-state index contributed by atoms with van der Waals surface area (Å²) in [6.45, 7) is 1.40. The van der Waals surface area contributed by atoms with Crippen LogP contribution in [0, 0.1) is 0 Å². The first-order valence-electron chi connectivity index (χ1n) is 9.97. The molecule has 31 heavy (non-hydrogen) atoms. The van der Waals surface area contributed by atoms with Crippen molar-refractivity contribution < 1.29 is 9.47 Å². The van der Waals surface area contributed by atoms with Gasteiger partial charge >= 0.3 is 0 Å². The number of benzene rings is 3. The molecule has 0 bridgehead atoms. The fraction of sp³-hybridized carbons (Fsp3) is 0.160. The van der Waals surface area contributed by atoms with Crippen molar-refractivity contribution in [1.29, 1.82) is 0 Å². The number of hydrogen-bond acceptors (Lipinski definition) is 4. The van der Waals surface area contributed by atoms with E-state index in [4.69, 9.17) is 9.47 Å². The van der Waals surface area contributed by atoms with Gasteiger partial charge in [-0.05, 0) is 41.5 Å². The maximum Gasteiger partial charge on any atom is 0.161 e. The number of aromatic nitrogens is 1. The third-order valence-corrected chi connectivity index (χ3v) is 5.64. The van der Waals surface area contributed by atoms with Crippen molar-refractivity contribution in [2.24, 2.45) is 5.10 Å². The number of methoxy groups -OCH3 is 2. The van der Waals surface area contributed by atoms with Crippen LogP contribution in [0.1, 0.15) is 16.7 Å². The number of rotatable bonds is 8. The molecular formula is C25H24BrN3O2. The minimum atomic E-state index is 0.592. The summed E-state index contributed by atoms with van der Waals surface area (Å²) < 4.78 is 14.0. The zero-order chi connectivity index (χ0) is 21.6. The van der Waals surface area contributed by atoms with Crippen molar-refractivity contribution in [1.82, 2.24) is 9.99 Å². The van der Waals surface area contributed by atoms with Gasteiger partial charge < -0.3 is 19.5 Å². The Balaban J connectivity index is 1.49. The van der Waals surface area contributed by atoms with E-state index in [1.807, 2.05) is 24.4 Å². The van der Waals surface area contributed by atoms with Crippen LogP contribution in [-0.4, -0.2) is 25.0 Å². The first-order valence-corrected chi connectivity index (χ1v) is 10.8. The molecule has 4 aromatic rings. The first-order chi connectivity index (χ1) is 15.2. The van der Waals surface area contributed by atoms with E-state index in [-0.39, 0.29) is 0 Å². The molecule has 0 spiro atoms. The van der Waals surface area contributed by atoms with E-state index in [2.05, 4.69) is 85.8 Å². The Bertz CT molecular complexity index is 1200. The van der Waals surface area contributed by atoms with E-state index in [1.165, 1.54) is 16.5 Å². The third kappa shape index (κ3) is 4.91. The van der Waals surface area contributed by atoms with Crippen LogP contribution in [-0.2, 0) is 13.1 Å². The van der Waals surface area contributed by atoms with Gasteiger partial charge in [0.15, 0.2) is 11.5 Å². The van der Waals surface area contributed by atoms with Crippen molar-refractivity contribution in [3.63, 3.8) is 0 Å². The summed E-state index contributed by atoms with van der Waals surface area (Å²) in [5, 5.41) is 5.63. The zero-order valence-electron chi connectivity index (χ0n) is 17.5. The number of fused-ring (bicyclic) bond motifs is 1. The number of nitrogens with one attached hydrogen (secondary N) is 1. The summed E-state index contributed by atoms with van der Waals surface area (Å²) in [6, 6.07) is 22.6. The van der Waals surface area contributed by atoms with E-state index < -0.39 is 0 Å². The predicted octanol–water partition coefficient (Wildman–Crippen LogP) is 5.59. The van der Waals surface area contributed by atoms with Gasteiger partial charge in [0.1, 0.15) is 0 Å². The summed E-state index contributed by atoms with van der Waals surface area (Å²) in [7, 11) is 3.27. The number of hydrazone groups is 1. The fourth-order valence-corrected chi connectivity index (χ4v) is 3.80. The van der Waals surface area contributed by atoms with Gasteiger partial charge in [-0.3, -0.25) is 0 Å². The van der Waals surface area contributed by atoms with Crippen molar-refractivity contribution >= 4 is 33.0 Å². The van der Waals surface area contributed by atoms with Crippen LogP contribution in [0.4, 0.5) is 0 Å². The van der Waals surface area contributed by atoms with E-state index in [0.717, 1.165) is 22.1 Å². The summed E-state index contributed by atoms with van der Waals surface area (Å²) in [6.07, 6.45) is 4.02. The summed E-state index contributed by atoms with van der Waals surface area (Å²) in [5.74, 6) is 1.43. The topological polar surface area (TPSA) is 47.8 Å². The van der Waals surface area contributed by atoms with Crippen LogP contribution in [0.2, 0.25) is 0 Å². The molecule has 0 radical (unpaired) electrons. The molecule has 4 rings (SSSR count). The molecule has 6 heteroatoms. The van der Waals surface area contributed by atoms with Gasteiger partial charge in [-0.2, -0.15) is 5.10 Å². The number of para-hydroxylation sites is 1. The lowest BCUT2D eigenvalue weighted by atomic mass is 10.2. The SMILES string of the molecule is COc1ccc(CN/N=C/c2cn(Cc3ccc(Br)cc3)c3ccccc23)cc1OC. The minimum absolute atomic E-state index is 0.592. The van der Waals surface area contributed by atoms with E-state index in [0.29, 0.717) is 18.0 Å². The highest BCUT2D eigenvalue weighted by Gasteiger charge is 2.07. The number of halogens is 1. The van der Waals surface area contributed by atoms with Gasteiger partial charge in [0.05, 0.1) is 27.0 Å². The Morgan fingerprint density at radius 3 is 2.45 bits per heavy atom. The van der Waals surface area contributed by atoms with Crippen LogP contribution in [0.3, 0.4) is 0 Å². The second-order valence-corrected chi connectivity index (χ2v) is 8.05. The Morgan fingerprint density at radius 1 is 0.935 bits per heavy atom. The predicted molar refractivity (Wildman–Crippen MR) is 129 cm³/mol. The molecule has 1 N–H and O–H groups in total. The third-order valence-electron chi connectivity index (χ3n) is 5.11. The molecule has 0 atom stereocenters. The highest BCUT2D eigenvalue weighted by molar-refractivity contribution is 9.10. The molecule has 5 nitrogen and oxygen atoms in total. The minimum Gasteiger partial charge on any atom is -0.493 e. The first kappa shape index (κ1) is 21.0. The Kier molecular flexibility index (Phi) is 6.57. The number of hydrogen-bond donors (Lipinski definition) is 1. The maximum absolute atomic E-state index is 5.36. The molecule has 0 unspecified atom stereocenters. The molecule has 0 fully saturated rings. The lowest BCUT2D eigenvalue weighted by Gasteiger charge is -2.09. The average Bonchev–Trinajstić information content (AvgIpc) is 3.15. The van der Waals surface area contributed by atoms with Gasteiger partial charge in [0.2, 0.25) is 0 Å². The number of nitrogens with zero attached hydrogens (tertiary/aromatic N) is 2. The van der Waals surface area contributed by atoms with Gasteiger partial charge in [-0.15, -0.1) is 0 Å².